The molecular weight excluding hydrogens is 188 g/mol. The van der Waals surface area contributed by atoms with Crippen molar-refractivity contribution in [2.75, 3.05) is 24.5 Å². The van der Waals surface area contributed by atoms with Gasteiger partial charge in [-0.25, -0.2) is 9.97 Å². The maximum atomic E-state index is 4.07. The van der Waals surface area contributed by atoms with Crippen molar-refractivity contribution >= 4 is 5.69 Å². The van der Waals surface area contributed by atoms with Gasteiger partial charge in [-0.1, -0.05) is 0 Å². The number of aromatic nitrogens is 2. The van der Waals surface area contributed by atoms with Crippen LogP contribution in [-0.4, -0.2) is 35.6 Å². The summed E-state index contributed by atoms with van der Waals surface area (Å²) in [6.07, 6.45) is 8.20. The van der Waals surface area contributed by atoms with Crippen molar-refractivity contribution < 1.29 is 0 Å². The molecule has 2 heterocycles. The lowest BCUT2D eigenvalue weighted by Gasteiger charge is -2.35. The smallest absolute Gasteiger partial charge is 0.115 e. The van der Waals surface area contributed by atoms with Crippen LogP contribution in [0, 0.1) is 5.92 Å². The third-order valence-corrected chi connectivity index (χ3v) is 3.31. The normalized spacial score (nSPS) is 26.7. The highest BCUT2D eigenvalue weighted by molar-refractivity contribution is 5.42. The minimum absolute atomic E-state index is 0.680. The monoisotopic (exact) mass is 204 g/mol. The Kier molecular flexibility index (Phi) is 2.29. The van der Waals surface area contributed by atoms with Gasteiger partial charge in [0.15, 0.2) is 0 Å². The quantitative estimate of drug-likeness (QED) is 0.768. The first-order valence-electron chi connectivity index (χ1n) is 5.67. The zero-order valence-corrected chi connectivity index (χ0v) is 8.76. The van der Waals surface area contributed by atoms with Crippen LogP contribution in [0.1, 0.15) is 12.8 Å². The molecule has 1 N–H and O–H groups in total. The molecule has 1 aliphatic carbocycles. The van der Waals surface area contributed by atoms with E-state index in [1.807, 2.05) is 12.4 Å². The van der Waals surface area contributed by atoms with Gasteiger partial charge >= 0.3 is 0 Å². The van der Waals surface area contributed by atoms with Crippen LogP contribution < -0.4 is 10.2 Å². The van der Waals surface area contributed by atoms with Gasteiger partial charge in [0.2, 0.25) is 0 Å². The fourth-order valence-electron chi connectivity index (χ4n) is 2.28. The topological polar surface area (TPSA) is 41.1 Å². The summed E-state index contributed by atoms with van der Waals surface area (Å²) in [6, 6.07) is 0.680. The Hall–Kier alpha value is -1.16. The van der Waals surface area contributed by atoms with Crippen molar-refractivity contribution in [3.8, 4) is 0 Å². The van der Waals surface area contributed by atoms with E-state index in [4.69, 9.17) is 0 Å². The van der Waals surface area contributed by atoms with Crippen LogP contribution in [0.5, 0.6) is 0 Å². The molecule has 0 radical (unpaired) electrons. The van der Waals surface area contributed by atoms with Crippen LogP contribution >= 0.6 is 0 Å². The molecule has 2 aliphatic rings. The summed E-state index contributed by atoms with van der Waals surface area (Å²) in [7, 11) is 0. The van der Waals surface area contributed by atoms with Crippen molar-refractivity contribution in [3.05, 3.63) is 18.7 Å². The molecule has 4 nitrogen and oxygen atoms in total. The summed E-state index contributed by atoms with van der Waals surface area (Å²) in [5, 5.41) is 3.60. The van der Waals surface area contributed by atoms with Crippen molar-refractivity contribution in [1.29, 1.82) is 0 Å². The summed E-state index contributed by atoms with van der Waals surface area (Å²) >= 11 is 0. The molecule has 1 atom stereocenters. The van der Waals surface area contributed by atoms with Crippen molar-refractivity contribution in [3.63, 3.8) is 0 Å². The molecule has 1 saturated heterocycles. The molecule has 80 valence electrons. The minimum Gasteiger partial charge on any atom is -0.366 e. The standard InChI is InChI=1S/C11H16N4/c1-2-9(1)11-7-15(4-3-14-11)10-5-12-8-13-6-10/h5-6,8-9,11,14H,1-4,7H2. The first-order valence-corrected chi connectivity index (χ1v) is 5.67. The van der Waals surface area contributed by atoms with Gasteiger partial charge < -0.3 is 10.2 Å². The van der Waals surface area contributed by atoms with Crippen LogP contribution in [0.3, 0.4) is 0 Å². The Morgan fingerprint density at radius 1 is 1.27 bits per heavy atom. The molecular formula is C11H16N4. The minimum atomic E-state index is 0.680. The molecule has 1 unspecified atom stereocenters. The second-order valence-electron chi connectivity index (χ2n) is 4.44. The molecule has 4 heteroatoms. The van der Waals surface area contributed by atoms with E-state index in [1.54, 1.807) is 6.33 Å². The van der Waals surface area contributed by atoms with E-state index in [1.165, 1.54) is 12.8 Å². The van der Waals surface area contributed by atoms with E-state index < -0.39 is 0 Å². The highest BCUT2D eigenvalue weighted by atomic mass is 15.2. The van der Waals surface area contributed by atoms with Gasteiger partial charge in [0.25, 0.3) is 0 Å². The predicted octanol–water partition coefficient (Wildman–Crippen LogP) is 0.665. The Labute approximate surface area is 89.7 Å². The highest BCUT2D eigenvalue weighted by Crippen LogP contribution is 2.34. The van der Waals surface area contributed by atoms with Crippen molar-refractivity contribution in [2.45, 2.75) is 18.9 Å². The highest BCUT2D eigenvalue weighted by Gasteiger charge is 2.34. The molecule has 0 amide bonds. The lowest BCUT2D eigenvalue weighted by molar-refractivity contribution is 0.418. The van der Waals surface area contributed by atoms with Crippen LogP contribution in [-0.2, 0) is 0 Å². The maximum absolute atomic E-state index is 4.07. The average Bonchev–Trinajstić information content (AvgIpc) is 3.14. The van der Waals surface area contributed by atoms with Crippen LogP contribution in [0.2, 0.25) is 0 Å². The Bertz CT molecular complexity index is 323. The van der Waals surface area contributed by atoms with Crippen molar-refractivity contribution in [1.82, 2.24) is 15.3 Å². The van der Waals surface area contributed by atoms with E-state index in [0.29, 0.717) is 6.04 Å². The number of piperazine rings is 1. The lowest BCUT2D eigenvalue weighted by Crippen LogP contribution is -2.51. The van der Waals surface area contributed by atoms with Crippen LogP contribution in [0.4, 0.5) is 5.69 Å². The maximum Gasteiger partial charge on any atom is 0.115 e. The summed E-state index contributed by atoms with van der Waals surface area (Å²) in [5.41, 5.74) is 1.16. The molecule has 3 rings (SSSR count). The molecule has 1 aliphatic heterocycles. The van der Waals surface area contributed by atoms with Gasteiger partial charge in [-0.3, -0.25) is 0 Å². The second kappa shape index (κ2) is 3.77. The summed E-state index contributed by atoms with van der Waals surface area (Å²) in [5.74, 6) is 0.914. The molecule has 15 heavy (non-hydrogen) atoms. The van der Waals surface area contributed by atoms with Crippen molar-refractivity contribution in [2.24, 2.45) is 5.92 Å². The fourth-order valence-corrected chi connectivity index (χ4v) is 2.28. The number of hydrogen-bond donors (Lipinski definition) is 1. The molecule has 2 fully saturated rings. The SMILES string of the molecule is c1ncc(N2CCNC(C3CC3)C2)cn1. The third kappa shape index (κ3) is 1.95. The molecule has 1 saturated carbocycles. The molecule has 1 aromatic rings. The van der Waals surface area contributed by atoms with Gasteiger partial charge in [0.1, 0.15) is 6.33 Å². The van der Waals surface area contributed by atoms with E-state index in [9.17, 15) is 0 Å². The number of nitrogens with zero attached hydrogens (tertiary/aromatic N) is 3. The first kappa shape index (κ1) is 9.09. The van der Waals surface area contributed by atoms with Gasteiger partial charge in [0.05, 0.1) is 18.1 Å². The third-order valence-electron chi connectivity index (χ3n) is 3.31. The number of rotatable bonds is 2. The molecule has 0 bridgehead atoms. The number of nitrogens with one attached hydrogen (secondary N) is 1. The van der Waals surface area contributed by atoms with Gasteiger partial charge in [0, 0.05) is 25.7 Å². The summed E-state index contributed by atoms with van der Waals surface area (Å²) in [6.45, 7) is 3.25. The van der Waals surface area contributed by atoms with Crippen LogP contribution in [0.25, 0.3) is 0 Å². The average molecular weight is 204 g/mol. The van der Waals surface area contributed by atoms with E-state index in [0.717, 1.165) is 31.2 Å². The zero-order chi connectivity index (χ0) is 10.1. The van der Waals surface area contributed by atoms with Crippen LogP contribution in [0.15, 0.2) is 18.7 Å². The summed E-state index contributed by atoms with van der Waals surface area (Å²) in [4.78, 5) is 10.5. The summed E-state index contributed by atoms with van der Waals surface area (Å²) < 4.78 is 0. The predicted molar refractivity (Wildman–Crippen MR) is 58.8 cm³/mol. The number of hydrogen-bond acceptors (Lipinski definition) is 4. The Morgan fingerprint density at radius 3 is 2.80 bits per heavy atom. The van der Waals surface area contributed by atoms with Gasteiger partial charge in [-0.2, -0.15) is 0 Å². The fraction of sp³-hybridized carbons (Fsp3) is 0.636. The van der Waals surface area contributed by atoms with Gasteiger partial charge in [-0.15, -0.1) is 0 Å². The first-order chi connectivity index (χ1) is 7.43. The van der Waals surface area contributed by atoms with E-state index in [2.05, 4.69) is 20.2 Å². The Balaban J connectivity index is 1.70. The number of anilines is 1. The largest absolute Gasteiger partial charge is 0.366 e. The molecule has 0 aromatic carbocycles. The van der Waals surface area contributed by atoms with E-state index >= 15 is 0 Å². The second-order valence-corrected chi connectivity index (χ2v) is 4.44. The molecule has 0 spiro atoms. The van der Waals surface area contributed by atoms with E-state index in [-0.39, 0.29) is 0 Å². The zero-order valence-electron chi connectivity index (χ0n) is 8.76. The Morgan fingerprint density at radius 2 is 2.07 bits per heavy atom. The molecule has 1 aromatic heterocycles. The lowest BCUT2D eigenvalue weighted by atomic mass is 10.1. The van der Waals surface area contributed by atoms with Gasteiger partial charge in [-0.05, 0) is 18.8 Å².